The molecule has 3 N–H and O–H groups in total. The number of aromatic nitrogens is 1. The van der Waals surface area contributed by atoms with E-state index in [9.17, 15) is 5.11 Å². The van der Waals surface area contributed by atoms with Gasteiger partial charge in [0.2, 0.25) is 11.8 Å². The Kier molecular flexibility index (Phi) is 11.6. The number of aromatic hydroxyl groups is 1. The molecule has 0 aliphatic carbocycles. The van der Waals surface area contributed by atoms with Gasteiger partial charge in [0.05, 0.1) is 47.1 Å². The number of para-hydroxylation sites is 1. The average molecular weight is 956 g/mol. The van der Waals surface area contributed by atoms with Gasteiger partial charge < -0.3 is 25.2 Å². The lowest BCUT2D eigenvalue weighted by Gasteiger charge is -2.46. The van der Waals surface area contributed by atoms with E-state index in [1.165, 1.54) is 23.5 Å². The average Bonchev–Trinajstić information content (AvgIpc) is 4.05. The number of nitrogens with one attached hydrogen (secondary N) is 2. The molecule has 7 aromatic carbocycles. The maximum Gasteiger partial charge on any atom is 0.329 e. The number of anilines is 2. The molecule has 13 heteroatoms. The summed E-state index contributed by atoms with van der Waals surface area (Å²) < 4.78 is 12.8. The van der Waals surface area contributed by atoms with E-state index in [4.69, 9.17) is 14.5 Å². The summed E-state index contributed by atoms with van der Waals surface area (Å²) in [6, 6.07) is 50.0. The van der Waals surface area contributed by atoms with Crippen molar-refractivity contribution in [3.05, 3.63) is 221 Å². The number of phenols is 1. The highest BCUT2D eigenvalue weighted by Gasteiger charge is 2.75. The molecule has 0 radical (unpaired) electrons. The maximum absolute atomic E-state index is 16.7. The monoisotopic (exact) mass is 955 g/mol. The summed E-state index contributed by atoms with van der Waals surface area (Å²) in [5, 5.41) is 17.2. The van der Waals surface area contributed by atoms with Gasteiger partial charge in [-0.05, 0) is 101 Å². The van der Waals surface area contributed by atoms with Crippen LogP contribution in [0.25, 0.3) is 10.2 Å². The molecule has 0 saturated carbocycles. The first-order chi connectivity index (χ1) is 34.6. The number of thiazole rings is 1. The first-order valence-electron chi connectivity index (χ1n) is 23.2. The Labute approximate surface area is 413 Å². The molecule has 2 fully saturated rings. The van der Waals surface area contributed by atoms with Crippen LogP contribution in [0.15, 0.2) is 182 Å². The fraction of sp³-hybridized carbons (Fsp3) is 0.155. The molecule has 4 amide bonds. The van der Waals surface area contributed by atoms with Gasteiger partial charge in [0.25, 0.3) is 0 Å². The molecule has 4 heterocycles. The minimum Gasteiger partial charge on any atom is -0.508 e. The van der Waals surface area contributed by atoms with Crippen LogP contribution in [0.3, 0.4) is 0 Å². The van der Waals surface area contributed by atoms with Crippen molar-refractivity contribution in [3.63, 3.8) is 0 Å². The lowest BCUT2D eigenvalue weighted by molar-refractivity contribution is -0.177. The number of carbonyl (C=O) groups excluding carboxylic acids is 4. The zero-order valence-electron chi connectivity index (χ0n) is 38.4. The van der Waals surface area contributed by atoms with Crippen LogP contribution in [0.2, 0.25) is 0 Å². The molecule has 11 rings (SSSR count). The van der Waals surface area contributed by atoms with Gasteiger partial charge in [-0.2, -0.15) is 0 Å². The summed E-state index contributed by atoms with van der Waals surface area (Å²) in [5.74, 6) is 3.42. The summed E-state index contributed by atoms with van der Waals surface area (Å²) in [6.07, 6.45) is -0.922. The van der Waals surface area contributed by atoms with Crippen LogP contribution in [-0.4, -0.2) is 52.0 Å². The summed E-state index contributed by atoms with van der Waals surface area (Å²) in [7, 11) is 1.59. The van der Waals surface area contributed by atoms with Crippen LogP contribution in [-0.2, 0) is 24.5 Å². The van der Waals surface area contributed by atoms with E-state index in [0.29, 0.717) is 39.1 Å². The largest absolute Gasteiger partial charge is 0.508 e. The molecule has 3 aliphatic heterocycles. The third kappa shape index (κ3) is 7.83. The Bertz CT molecular complexity index is 3360. The van der Waals surface area contributed by atoms with Crippen LogP contribution in [0.4, 0.5) is 15.6 Å². The van der Waals surface area contributed by atoms with Gasteiger partial charge in [0.1, 0.15) is 29.1 Å². The quantitative estimate of drug-likeness (QED) is 0.0999. The number of methoxy groups -OCH3 is 1. The number of amides is 4. The number of rotatable bonds is 8. The normalized spacial score (nSPS) is 21.7. The lowest BCUT2D eigenvalue weighted by atomic mass is 9.65. The molecule has 350 valence electrons. The highest BCUT2D eigenvalue weighted by molar-refractivity contribution is 7.22. The highest BCUT2D eigenvalue weighted by Crippen LogP contribution is 2.66. The molecule has 2 saturated heterocycles. The molecule has 1 aromatic heterocycles. The van der Waals surface area contributed by atoms with Gasteiger partial charge >= 0.3 is 12.0 Å². The topological polar surface area (TPSA) is 150 Å². The zero-order chi connectivity index (χ0) is 48.8. The first-order valence-corrected chi connectivity index (χ1v) is 24.0. The smallest absolute Gasteiger partial charge is 0.329 e. The number of fused-ring (bicyclic) bond motifs is 4. The van der Waals surface area contributed by atoms with E-state index in [-0.39, 0.29) is 16.6 Å². The van der Waals surface area contributed by atoms with Gasteiger partial charge in [0.15, 0.2) is 5.13 Å². The number of morpholine rings is 1. The minimum atomic E-state index is -2.06. The van der Waals surface area contributed by atoms with Crippen molar-refractivity contribution in [1.82, 2.24) is 15.2 Å². The minimum absolute atomic E-state index is 0.0348. The van der Waals surface area contributed by atoms with Gasteiger partial charge in [-0.15, -0.1) is 0 Å². The van der Waals surface area contributed by atoms with Crippen molar-refractivity contribution < 1.29 is 33.8 Å². The number of cyclic esters (lactones) is 1. The predicted molar refractivity (Wildman–Crippen MR) is 271 cm³/mol. The van der Waals surface area contributed by atoms with Crippen LogP contribution >= 0.6 is 11.3 Å². The first kappa shape index (κ1) is 44.9. The highest BCUT2D eigenvalue weighted by atomic mass is 32.1. The molecule has 71 heavy (non-hydrogen) atoms. The second kappa shape index (κ2) is 18.4. The van der Waals surface area contributed by atoms with E-state index < -0.39 is 65.4 Å². The standard InChI is InChI=1S/C58H45N5O7S/c1-35(38-14-6-3-7-15-38)59-57(68)62-46-33-26-37(23-22-36-24-31-43(69-2)32-25-36)34-44(46)58(55(62)67)48(53(65)61-56-60-45-20-12-13-21-47(45)71-56)50-54(66)70-51(40-18-10-5-11-19-40)49(39-16-8-4-9-17-39)63(50)52(58)41-27-29-42(64)30-28-41/h3-21,24-35,48-52,64H,1-2H3,(H,59,68)(H,60,61,65)/t35-,48-,49-,50-,51+,52+,58-/m1/s1. The summed E-state index contributed by atoms with van der Waals surface area (Å²) in [6.45, 7) is 1.83. The van der Waals surface area contributed by atoms with Gasteiger partial charge in [-0.3, -0.25) is 19.3 Å². The van der Waals surface area contributed by atoms with Gasteiger partial charge in [-0.25, -0.2) is 14.7 Å². The number of benzene rings is 7. The Morgan fingerprint density at radius 1 is 0.746 bits per heavy atom. The van der Waals surface area contributed by atoms with E-state index in [2.05, 4.69) is 22.5 Å². The number of ether oxygens (including phenoxy) is 2. The van der Waals surface area contributed by atoms with Crippen LogP contribution in [0, 0.1) is 17.8 Å². The Balaban J connectivity index is 1.18. The molecular formula is C58H45N5O7S. The molecule has 0 unspecified atom stereocenters. The van der Waals surface area contributed by atoms with Crippen LogP contribution < -0.4 is 20.3 Å². The van der Waals surface area contributed by atoms with E-state index >= 15 is 19.2 Å². The second-order valence-corrected chi connectivity index (χ2v) is 18.8. The molecule has 3 aliphatic rings. The van der Waals surface area contributed by atoms with Gasteiger partial charge in [0, 0.05) is 11.1 Å². The Hall–Kier alpha value is -8.57. The summed E-state index contributed by atoms with van der Waals surface area (Å²) in [5.41, 5.74) is 3.05. The molecule has 8 aromatic rings. The number of carbonyl (C=O) groups is 4. The maximum atomic E-state index is 16.7. The number of nitrogens with zero attached hydrogens (tertiary/aromatic N) is 3. The number of esters is 1. The second-order valence-electron chi connectivity index (χ2n) is 17.8. The van der Waals surface area contributed by atoms with Crippen molar-refractivity contribution in [2.45, 2.75) is 42.6 Å². The fourth-order valence-electron chi connectivity index (χ4n) is 10.6. The predicted octanol–water partition coefficient (Wildman–Crippen LogP) is 10.2. The third-order valence-corrected chi connectivity index (χ3v) is 14.7. The van der Waals surface area contributed by atoms with E-state index in [1.807, 2.05) is 151 Å². The summed E-state index contributed by atoms with van der Waals surface area (Å²) >= 11 is 1.26. The SMILES string of the molecule is COc1ccc(C#Cc2ccc3c(c2)[C@]2(C(=O)N3C(=O)N[C@H](C)c3ccccc3)[C@H](c3ccc(O)cc3)N3[C@H](c4ccccc4)[C@H](c4ccccc4)OC(=O)[C@H]3[C@@H]2C(=O)Nc2nc3ccccc3s2)cc1. The van der Waals surface area contributed by atoms with Crippen molar-refractivity contribution >= 4 is 56.2 Å². The van der Waals surface area contributed by atoms with Crippen molar-refractivity contribution in [2.75, 3.05) is 17.3 Å². The number of hydrogen-bond donors (Lipinski definition) is 3. The molecule has 7 atom stereocenters. The number of imide groups is 1. The number of hydrogen-bond acceptors (Lipinski definition) is 10. The lowest BCUT2D eigenvalue weighted by Crippen LogP contribution is -2.55. The van der Waals surface area contributed by atoms with E-state index in [0.717, 1.165) is 20.7 Å². The number of phenolic OH excluding ortho intramolecular Hbond substituents is 1. The Morgan fingerprint density at radius 3 is 2.07 bits per heavy atom. The fourth-order valence-corrected chi connectivity index (χ4v) is 11.5. The zero-order valence-corrected chi connectivity index (χ0v) is 39.2. The van der Waals surface area contributed by atoms with Crippen molar-refractivity contribution in [1.29, 1.82) is 0 Å². The van der Waals surface area contributed by atoms with Crippen molar-refractivity contribution in [3.8, 4) is 23.3 Å². The third-order valence-electron chi connectivity index (χ3n) is 13.8. The number of urea groups is 1. The summed E-state index contributed by atoms with van der Waals surface area (Å²) in [4.78, 5) is 71.1. The molecule has 12 nitrogen and oxygen atoms in total. The molecule has 0 bridgehead atoms. The Morgan fingerprint density at radius 2 is 1.38 bits per heavy atom. The van der Waals surface area contributed by atoms with Crippen LogP contribution in [0.5, 0.6) is 11.5 Å². The van der Waals surface area contributed by atoms with Gasteiger partial charge in [-0.1, -0.05) is 138 Å². The van der Waals surface area contributed by atoms with Crippen LogP contribution in [0.1, 0.15) is 70.1 Å². The molecular weight excluding hydrogens is 911 g/mol. The van der Waals surface area contributed by atoms with Crippen molar-refractivity contribution in [2.24, 2.45) is 5.92 Å². The van der Waals surface area contributed by atoms with E-state index in [1.54, 1.807) is 37.4 Å². The molecule has 1 spiro atoms.